The molecule has 0 aliphatic rings. The monoisotopic (exact) mass is 440 g/mol. The number of aromatic nitrogens is 1. The second-order valence-electron chi connectivity index (χ2n) is 8.03. The summed E-state index contributed by atoms with van der Waals surface area (Å²) in [5.41, 5.74) is 16.7. The molecule has 5 heteroatoms. The van der Waals surface area contributed by atoms with Crippen molar-refractivity contribution in [1.29, 1.82) is 0 Å². The predicted octanol–water partition coefficient (Wildman–Crippen LogP) is 6.60. The molecule has 3 N–H and O–H groups in total. The minimum Gasteiger partial charge on any atom is -0.388 e. The van der Waals surface area contributed by atoms with E-state index in [0.29, 0.717) is 23.0 Å². The van der Waals surface area contributed by atoms with Crippen LogP contribution in [0.4, 0.5) is 5.82 Å². The van der Waals surface area contributed by atoms with Crippen LogP contribution in [-0.4, -0.2) is 24.4 Å². The lowest BCUT2D eigenvalue weighted by atomic mass is 10.0. The molecule has 2 rings (SSSR count). The maximum Gasteiger partial charge on any atom is 0.118 e. The molecule has 0 unspecified atom stereocenters. The van der Waals surface area contributed by atoms with Gasteiger partial charge in [0.1, 0.15) is 5.82 Å². The maximum atomic E-state index is 6.65. The Morgan fingerprint density at radius 3 is 2.00 bits per heavy atom. The Balaban J connectivity index is 0.000000861. The van der Waals surface area contributed by atoms with Crippen LogP contribution in [0.2, 0.25) is 0 Å². The minimum absolute atomic E-state index is 0.445. The molecule has 0 atom stereocenters. The van der Waals surface area contributed by atoms with Gasteiger partial charge in [0.2, 0.25) is 0 Å². The number of rotatable bonds is 6. The van der Waals surface area contributed by atoms with Crippen molar-refractivity contribution >= 4 is 33.9 Å². The molecule has 31 heavy (non-hydrogen) atoms. The lowest BCUT2D eigenvalue weighted by Gasteiger charge is -2.19. The Hall–Kier alpha value is -2.72. The van der Waals surface area contributed by atoms with Crippen molar-refractivity contribution in [3.8, 4) is 5.69 Å². The van der Waals surface area contributed by atoms with Crippen LogP contribution >= 0.6 is 11.6 Å². The molecule has 1 aromatic heterocycles. The van der Waals surface area contributed by atoms with E-state index in [1.807, 2.05) is 27.8 Å². The molecule has 168 valence electrons. The maximum absolute atomic E-state index is 6.65. The van der Waals surface area contributed by atoms with Crippen molar-refractivity contribution < 1.29 is 0 Å². The standard InChI is InChI=1S/C22H28ClN3.C4H9N/c1-12(2)11-18-19(16(6)23)20(17(7)25-8)22(24)26(18)21-14(4)10-9-13(3)15(21)5;1-4(2)5-3/h9-10,25H,1,6-7,11,24H2,2-5,8H3;1-3H3. The molecule has 0 aliphatic heterocycles. The first kappa shape index (κ1) is 26.3. The number of hydrogen-bond acceptors (Lipinski definition) is 3. The second-order valence-corrected chi connectivity index (χ2v) is 8.48. The Kier molecular flexibility index (Phi) is 9.39. The summed E-state index contributed by atoms with van der Waals surface area (Å²) in [7, 11) is 3.61. The highest BCUT2D eigenvalue weighted by molar-refractivity contribution is 6.49. The number of nitrogens with one attached hydrogen (secondary N) is 1. The van der Waals surface area contributed by atoms with Crippen molar-refractivity contribution in [1.82, 2.24) is 9.88 Å². The van der Waals surface area contributed by atoms with Gasteiger partial charge in [0.25, 0.3) is 0 Å². The van der Waals surface area contributed by atoms with Crippen LogP contribution in [-0.2, 0) is 6.42 Å². The number of aryl methyl sites for hydroxylation is 2. The highest BCUT2D eigenvalue weighted by Crippen LogP contribution is 2.40. The Labute approximate surface area is 193 Å². The van der Waals surface area contributed by atoms with Crippen molar-refractivity contribution in [2.75, 3.05) is 19.8 Å². The van der Waals surface area contributed by atoms with Gasteiger partial charge in [-0.15, -0.1) is 0 Å². The lowest BCUT2D eigenvalue weighted by molar-refractivity contribution is 0.935. The molecule has 1 aromatic carbocycles. The molecule has 4 nitrogen and oxygen atoms in total. The van der Waals surface area contributed by atoms with E-state index in [-0.39, 0.29) is 0 Å². The molecular formula is C26H37ClN4. The fourth-order valence-corrected chi connectivity index (χ4v) is 3.56. The first-order valence-electron chi connectivity index (χ1n) is 10.2. The quantitative estimate of drug-likeness (QED) is 0.392. The topological polar surface area (TPSA) is 55.3 Å². The van der Waals surface area contributed by atoms with Gasteiger partial charge in [0.05, 0.1) is 5.69 Å². The highest BCUT2D eigenvalue weighted by atomic mass is 35.5. The number of hydrogen-bond donors (Lipinski definition) is 2. The van der Waals surface area contributed by atoms with E-state index in [1.165, 1.54) is 11.1 Å². The molecular weight excluding hydrogens is 404 g/mol. The van der Waals surface area contributed by atoms with Crippen LogP contribution in [0.3, 0.4) is 0 Å². The zero-order valence-corrected chi connectivity index (χ0v) is 21.1. The van der Waals surface area contributed by atoms with Crippen molar-refractivity contribution in [2.24, 2.45) is 4.99 Å². The second kappa shape index (κ2) is 11.1. The van der Waals surface area contributed by atoms with E-state index in [4.69, 9.17) is 17.3 Å². The fraction of sp³-hybridized carbons (Fsp3) is 0.346. The van der Waals surface area contributed by atoms with Gasteiger partial charge in [-0.25, -0.2) is 0 Å². The van der Waals surface area contributed by atoms with Crippen LogP contribution in [0.5, 0.6) is 0 Å². The molecule has 0 saturated carbocycles. The summed E-state index contributed by atoms with van der Waals surface area (Å²) in [6.45, 7) is 24.4. The fourth-order valence-electron chi connectivity index (χ4n) is 3.35. The number of allylic oxidation sites excluding steroid dienone is 1. The first-order chi connectivity index (χ1) is 14.4. The molecule has 0 fully saturated rings. The van der Waals surface area contributed by atoms with Crippen molar-refractivity contribution in [3.05, 3.63) is 71.0 Å². The van der Waals surface area contributed by atoms with Gasteiger partial charge < -0.3 is 11.1 Å². The zero-order valence-electron chi connectivity index (χ0n) is 20.3. The molecule has 0 aliphatic carbocycles. The Morgan fingerprint density at radius 1 is 1.06 bits per heavy atom. The van der Waals surface area contributed by atoms with Crippen molar-refractivity contribution in [2.45, 2.75) is 48.0 Å². The molecule has 0 spiro atoms. The minimum atomic E-state index is 0.445. The van der Waals surface area contributed by atoms with Crippen LogP contribution in [0.25, 0.3) is 16.4 Å². The number of anilines is 1. The smallest absolute Gasteiger partial charge is 0.118 e. The largest absolute Gasteiger partial charge is 0.388 e. The van der Waals surface area contributed by atoms with Crippen LogP contribution in [0.15, 0.2) is 42.4 Å². The van der Waals surface area contributed by atoms with Gasteiger partial charge in [-0.3, -0.25) is 9.56 Å². The van der Waals surface area contributed by atoms with Gasteiger partial charge in [-0.1, -0.05) is 49.0 Å². The van der Waals surface area contributed by atoms with E-state index in [9.17, 15) is 0 Å². The van der Waals surface area contributed by atoms with Crippen LogP contribution in [0.1, 0.15) is 54.3 Å². The number of halogens is 1. The normalized spacial score (nSPS) is 10.1. The summed E-state index contributed by atoms with van der Waals surface area (Å²) in [6.07, 6.45) is 0.648. The molecule has 0 saturated heterocycles. The Morgan fingerprint density at radius 2 is 1.58 bits per heavy atom. The average molecular weight is 441 g/mol. The number of nitrogens with zero attached hydrogens (tertiary/aromatic N) is 2. The molecule has 0 radical (unpaired) electrons. The summed E-state index contributed by atoms with van der Waals surface area (Å²) in [6, 6.07) is 4.24. The van der Waals surface area contributed by atoms with E-state index in [0.717, 1.165) is 39.4 Å². The first-order valence-corrected chi connectivity index (χ1v) is 10.6. The lowest BCUT2D eigenvalue weighted by Crippen LogP contribution is -2.10. The molecule has 0 bridgehead atoms. The molecule has 2 aromatic rings. The SMILES string of the molecule is C=C(C)Cc1c(C(=C)Cl)c(C(=C)NC)c(N)n1-c1c(C)ccc(C)c1C.CN=C(C)C. The summed E-state index contributed by atoms with van der Waals surface area (Å²) in [5.74, 6) is 0.606. The number of aliphatic imine (C=N–C) groups is 1. The van der Waals surface area contributed by atoms with Crippen molar-refractivity contribution in [3.63, 3.8) is 0 Å². The molecule has 0 amide bonds. The molecule has 1 heterocycles. The average Bonchev–Trinajstić information content (AvgIpc) is 2.97. The van der Waals surface area contributed by atoms with Gasteiger partial charge in [-0.2, -0.15) is 0 Å². The van der Waals surface area contributed by atoms with Gasteiger partial charge in [0.15, 0.2) is 0 Å². The van der Waals surface area contributed by atoms with Crippen LogP contribution in [0, 0.1) is 20.8 Å². The van der Waals surface area contributed by atoms with E-state index >= 15 is 0 Å². The van der Waals surface area contributed by atoms with Gasteiger partial charge in [0, 0.05) is 53.8 Å². The summed E-state index contributed by atoms with van der Waals surface area (Å²) < 4.78 is 2.09. The number of nitrogens with two attached hydrogens (primary N) is 1. The third-order valence-electron chi connectivity index (χ3n) is 5.22. The summed E-state index contributed by atoms with van der Waals surface area (Å²) in [4.78, 5) is 3.81. The zero-order chi connectivity index (χ0) is 24.0. The van der Waals surface area contributed by atoms with Gasteiger partial charge >= 0.3 is 0 Å². The van der Waals surface area contributed by atoms with Crippen LogP contribution < -0.4 is 11.1 Å². The third kappa shape index (κ3) is 5.92. The summed E-state index contributed by atoms with van der Waals surface area (Å²) in [5, 5.41) is 3.54. The highest BCUT2D eigenvalue weighted by Gasteiger charge is 2.26. The van der Waals surface area contributed by atoms with Gasteiger partial charge in [-0.05, 0) is 58.2 Å². The summed E-state index contributed by atoms with van der Waals surface area (Å²) >= 11 is 6.42. The number of benzene rings is 1. The van der Waals surface area contributed by atoms with E-state index < -0.39 is 0 Å². The predicted molar refractivity (Wildman–Crippen MR) is 141 cm³/mol. The van der Waals surface area contributed by atoms with E-state index in [1.54, 1.807) is 7.05 Å². The third-order valence-corrected chi connectivity index (χ3v) is 5.41. The Bertz CT molecular complexity index is 1030. The van der Waals surface area contributed by atoms with E-state index in [2.05, 4.69) is 67.5 Å². The number of nitrogen functional groups attached to an aromatic ring is 1.